The van der Waals surface area contributed by atoms with Gasteiger partial charge >= 0.3 is 0 Å². The number of aryl methyl sites for hydroxylation is 6. The Kier molecular flexibility index (Phi) is 9.46. The van der Waals surface area contributed by atoms with Crippen molar-refractivity contribution in [2.24, 2.45) is 5.41 Å². The molecule has 0 aromatic heterocycles. The van der Waals surface area contributed by atoms with E-state index < -0.39 is 8.07 Å². The van der Waals surface area contributed by atoms with Gasteiger partial charge in [0.1, 0.15) is 0 Å². The number of allylic oxidation sites excluding steroid dienone is 4. The van der Waals surface area contributed by atoms with Crippen molar-refractivity contribution in [1.82, 2.24) is 0 Å². The van der Waals surface area contributed by atoms with Crippen LogP contribution in [0.2, 0.25) is 0 Å². The second kappa shape index (κ2) is 12.5. The Hall–Kier alpha value is -2.64. The van der Waals surface area contributed by atoms with Gasteiger partial charge in [0.15, 0.2) is 8.07 Å². The first-order chi connectivity index (χ1) is 19.1. The van der Waals surface area contributed by atoms with Gasteiger partial charge in [-0.15, -0.1) is 0 Å². The Balaban J connectivity index is 2.31. The predicted molar refractivity (Wildman–Crippen MR) is 180 cm³/mol. The maximum Gasteiger partial charge on any atom is 0.176 e. The third-order valence-electron chi connectivity index (χ3n) is 9.10. The van der Waals surface area contributed by atoms with Gasteiger partial charge in [-0.3, -0.25) is 0 Å². The summed E-state index contributed by atoms with van der Waals surface area (Å²) in [5, 5.41) is 6.43. The van der Waals surface area contributed by atoms with Crippen molar-refractivity contribution in [3.63, 3.8) is 0 Å². The molecule has 3 aromatic carbocycles. The van der Waals surface area contributed by atoms with E-state index >= 15 is 0 Å². The summed E-state index contributed by atoms with van der Waals surface area (Å²) in [6, 6.07) is 23.0. The lowest BCUT2D eigenvalue weighted by Crippen LogP contribution is -2.69. The molecule has 0 radical (unpaired) electrons. The highest BCUT2D eigenvalue weighted by Crippen LogP contribution is 2.39. The molecular formula is C39H52Si. The predicted octanol–water partition coefficient (Wildman–Crippen LogP) is 8.37. The zero-order valence-corrected chi connectivity index (χ0v) is 27.8. The lowest BCUT2D eigenvalue weighted by Gasteiger charge is -2.40. The minimum Gasteiger partial charge on any atom is -0.0805 e. The molecule has 0 fully saturated rings. The van der Waals surface area contributed by atoms with E-state index in [0.717, 1.165) is 44.9 Å². The maximum atomic E-state index is 2.60. The van der Waals surface area contributed by atoms with Crippen LogP contribution in [0, 0.1) is 5.41 Å². The normalized spacial score (nSPS) is 13.9. The van der Waals surface area contributed by atoms with Crippen molar-refractivity contribution in [2.45, 2.75) is 107 Å². The van der Waals surface area contributed by atoms with Gasteiger partial charge in [0.25, 0.3) is 0 Å². The van der Waals surface area contributed by atoms with Crippen LogP contribution in [0.1, 0.15) is 102 Å². The molecule has 0 unspecified atom stereocenters. The van der Waals surface area contributed by atoms with Crippen LogP contribution in [0.4, 0.5) is 0 Å². The molecule has 40 heavy (non-hydrogen) atoms. The molecular weight excluding hydrogens is 497 g/mol. The van der Waals surface area contributed by atoms with Crippen LogP contribution in [0.15, 0.2) is 77.5 Å². The molecule has 0 N–H and O–H groups in total. The van der Waals surface area contributed by atoms with Crippen molar-refractivity contribution in [1.29, 1.82) is 0 Å². The van der Waals surface area contributed by atoms with Crippen LogP contribution in [0.25, 0.3) is 0 Å². The molecule has 0 atom stereocenters. The summed E-state index contributed by atoms with van der Waals surface area (Å²) in [4.78, 5) is 0. The highest BCUT2D eigenvalue weighted by Gasteiger charge is 2.46. The lowest BCUT2D eigenvalue weighted by atomic mass is 9.87. The molecule has 1 heteroatoms. The Morgan fingerprint density at radius 3 is 1.05 bits per heavy atom. The van der Waals surface area contributed by atoms with Gasteiger partial charge in [-0.2, -0.15) is 0 Å². The number of hydrogen-bond donors (Lipinski definition) is 0. The van der Waals surface area contributed by atoms with Crippen LogP contribution in [0.3, 0.4) is 0 Å². The first-order valence-electron chi connectivity index (χ1n) is 15.9. The highest BCUT2D eigenvalue weighted by atomic mass is 28.3. The molecule has 0 saturated carbocycles. The third kappa shape index (κ3) is 5.73. The quantitative estimate of drug-likeness (QED) is 0.176. The van der Waals surface area contributed by atoms with Crippen molar-refractivity contribution >= 4 is 23.6 Å². The second-order valence-electron chi connectivity index (χ2n) is 12.7. The van der Waals surface area contributed by atoms with Gasteiger partial charge in [-0.1, -0.05) is 134 Å². The Bertz CT molecular complexity index is 1210. The van der Waals surface area contributed by atoms with E-state index in [0.29, 0.717) is 0 Å². The van der Waals surface area contributed by atoms with E-state index in [-0.39, 0.29) is 5.41 Å². The number of benzene rings is 3. The summed E-state index contributed by atoms with van der Waals surface area (Å²) in [6.45, 7) is 21.1. The molecule has 0 spiro atoms. The largest absolute Gasteiger partial charge is 0.176 e. The van der Waals surface area contributed by atoms with Crippen LogP contribution < -0.4 is 15.6 Å². The molecule has 1 aliphatic carbocycles. The molecule has 0 nitrogen and oxygen atoms in total. The molecule has 4 rings (SSSR count). The monoisotopic (exact) mass is 548 g/mol. The van der Waals surface area contributed by atoms with Crippen LogP contribution in [-0.2, 0) is 38.5 Å². The van der Waals surface area contributed by atoms with E-state index in [1.165, 1.54) is 33.4 Å². The van der Waals surface area contributed by atoms with Crippen molar-refractivity contribution in [3.05, 3.63) is 111 Å². The van der Waals surface area contributed by atoms with Gasteiger partial charge in [-0.25, -0.2) is 0 Å². The van der Waals surface area contributed by atoms with Crippen LogP contribution in [0.5, 0.6) is 0 Å². The summed E-state index contributed by atoms with van der Waals surface area (Å²) < 4.78 is 0. The van der Waals surface area contributed by atoms with Gasteiger partial charge in [-0.05, 0) is 105 Å². The molecule has 0 amide bonds. The lowest BCUT2D eigenvalue weighted by molar-refractivity contribution is 0.516. The standard InChI is InChI=1S/C39H52Si/c1-10-28-19-29(11-2)23-34(22-28)40(38-18-16-17-37(38)39(7,8)9,35-24-30(12-3)20-31(13-4)25-35)36-26-32(14-5)21-33(15-6)27-36/h16-17,19-27H,10-15,18H2,1-9H3. The molecule has 0 heterocycles. The molecule has 0 bridgehead atoms. The van der Waals surface area contributed by atoms with Gasteiger partial charge in [0.2, 0.25) is 0 Å². The second-order valence-corrected chi connectivity index (χ2v) is 16.6. The average Bonchev–Trinajstić information content (AvgIpc) is 3.48. The van der Waals surface area contributed by atoms with E-state index in [2.05, 4.69) is 129 Å². The summed E-state index contributed by atoms with van der Waals surface area (Å²) in [6.07, 6.45) is 12.4. The molecule has 3 aromatic rings. The zero-order valence-electron chi connectivity index (χ0n) is 26.8. The van der Waals surface area contributed by atoms with Gasteiger partial charge in [0.05, 0.1) is 0 Å². The van der Waals surface area contributed by atoms with Gasteiger partial charge in [0, 0.05) is 0 Å². The van der Waals surface area contributed by atoms with Crippen LogP contribution in [-0.4, -0.2) is 8.07 Å². The first-order valence-corrected chi connectivity index (χ1v) is 17.9. The minimum absolute atomic E-state index is 0.0858. The molecule has 0 aliphatic heterocycles. The smallest absolute Gasteiger partial charge is 0.0805 e. The summed E-state index contributed by atoms with van der Waals surface area (Å²) in [5.41, 5.74) is 10.5. The Labute approximate surface area is 246 Å². The van der Waals surface area contributed by atoms with E-state index in [9.17, 15) is 0 Å². The SMILES string of the molecule is CCc1cc(CC)cc([Si](C2=C(C(C)(C)C)C=CC2)(c2cc(CC)cc(CC)c2)c2cc(CC)cc(CC)c2)c1. The van der Waals surface area contributed by atoms with Gasteiger partial charge < -0.3 is 0 Å². The molecule has 212 valence electrons. The third-order valence-corrected chi connectivity index (χ3v) is 13.9. The highest BCUT2D eigenvalue weighted by molar-refractivity contribution is 7.16. The van der Waals surface area contributed by atoms with E-state index in [1.54, 1.807) is 26.3 Å². The van der Waals surface area contributed by atoms with E-state index in [1.807, 2.05) is 0 Å². The fourth-order valence-electron chi connectivity index (χ4n) is 6.75. The molecule has 0 saturated heterocycles. The fraction of sp³-hybridized carbons (Fsp3) is 0.436. The summed E-state index contributed by atoms with van der Waals surface area (Å²) in [7, 11) is -2.63. The minimum atomic E-state index is -2.63. The Morgan fingerprint density at radius 1 is 0.500 bits per heavy atom. The Morgan fingerprint density at radius 2 is 0.800 bits per heavy atom. The van der Waals surface area contributed by atoms with E-state index in [4.69, 9.17) is 0 Å². The van der Waals surface area contributed by atoms with Crippen molar-refractivity contribution in [3.8, 4) is 0 Å². The molecule has 1 aliphatic rings. The average molecular weight is 549 g/mol. The number of rotatable bonds is 10. The van der Waals surface area contributed by atoms with Crippen molar-refractivity contribution in [2.75, 3.05) is 0 Å². The summed E-state index contributed by atoms with van der Waals surface area (Å²) in [5.74, 6) is 0. The maximum absolute atomic E-state index is 2.63. The van der Waals surface area contributed by atoms with Crippen molar-refractivity contribution < 1.29 is 0 Å². The summed E-state index contributed by atoms with van der Waals surface area (Å²) >= 11 is 0. The first kappa shape index (κ1) is 30.3. The topological polar surface area (TPSA) is 0 Å². The number of hydrogen-bond acceptors (Lipinski definition) is 0. The van der Waals surface area contributed by atoms with Crippen LogP contribution >= 0.6 is 0 Å². The zero-order chi connectivity index (χ0) is 29.1. The fourth-order valence-corrected chi connectivity index (χ4v) is 12.5.